The van der Waals surface area contributed by atoms with Gasteiger partial charge in [-0.2, -0.15) is 0 Å². The Bertz CT molecular complexity index is 734. The fourth-order valence-corrected chi connectivity index (χ4v) is 4.14. The van der Waals surface area contributed by atoms with E-state index in [1.54, 1.807) is 18.3 Å². The van der Waals surface area contributed by atoms with E-state index in [0.717, 1.165) is 48.8 Å². The van der Waals surface area contributed by atoms with Gasteiger partial charge in [-0.15, -0.1) is 0 Å². The molecule has 1 fully saturated rings. The Morgan fingerprint density at radius 1 is 1.33 bits per heavy atom. The summed E-state index contributed by atoms with van der Waals surface area (Å²) in [7, 11) is 0. The van der Waals surface area contributed by atoms with Crippen LogP contribution in [0.3, 0.4) is 0 Å². The van der Waals surface area contributed by atoms with Gasteiger partial charge in [-0.1, -0.05) is 24.9 Å². The Balaban J connectivity index is 1.72. The lowest BCUT2D eigenvalue weighted by atomic mass is 9.81. The second kappa shape index (κ2) is 7.81. The predicted molar refractivity (Wildman–Crippen MR) is 99.6 cm³/mol. The fourth-order valence-electron chi connectivity index (χ4n) is 3.69. The molecular weight excluding hydrogens is 343 g/mol. The number of nitrogens with zero attached hydrogens (tertiary/aromatic N) is 2. The third-order valence-electron chi connectivity index (χ3n) is 5.11. The molecule has 0 bridgehead atoms. The standard InChI is InChI=1S/C19H22Cl2N2O/c1-2-13-12-23(21)10-8-14(13)3-6-19(24)16-7-9-22-18-5-4-15(20)11-17(16)18/h4-5,7,9,11,13-14H,2-3,6,8,10,12H2,1H3/t13-,14+/m0/s1. The van der Waals surface area contributed by atoms with Crippen LogP contribution >= 0.6 is 23.4 Å². The van der Waals surface area contributed by atoms with Gasteiger partial charge in [-0.3, -0.25) is 9.78 Å². The maximum Gasteiger partial charge on any atom is 0.163 e. The van der Waals surface area contributed by atoms with Gasteiger partial charge in [0.15, 0.2) is 5.78 Å². The first-order chi connectivity index (χ1) is 11.6. The van der Waals surface area contributed by atoms with E-state index in [0.29, 0.717) is 23.3 Å². The van der Waals surface area contributed by atoms with Crippen LogP contribution in [-0.4, -0.2) is 28.3 Å². The summed E-state index contributed by atoms with van der Waals surface area (Å²) < 4.78 is 1.88. The lowest BCUT2D eigenvalue weighted by Gasteiger charge is -2.34. The van der Waals surface area contributed by atoms with E-state index in [2.05, 4.69) is 11.9 Å². The van der Waals surface area contributed by atoms with Crippen molar-refractivity contribution in [3.8, 4) is 0 Å². The minimum absolute atomic E-state index is 0.174. The zero-order valence-electron chi connectivity index (χ0n) is 13.8. The van der Waals surface area contributed by atoms with E-state index in [1.807, 2.05) is 16.6 Å². The molecule has 0 spiro atoms. The smallest absolute Gasteiger partial charge is 0.163 e. The van der Waals surface area contributed by atoms with Crippen molar-refractivity contribution < 1.29 is 4.79 Å². The molecular formula is C19H22Cl2N2O. The number of Topliss-reactive ketones (excluding diaryl/α,β-unsaturated/α-hetero) is 1. The minimum atomic E-state index is 0.174. The Kier molecular flexibility index (Phi) is 5.75. The molecule has 1 saturated heterocycles. The molecule has 2 atom stereocenters. The molecule has 0 radical (unpaired) electrons. The zero-order chi connectivity index (χ0) is 17.1. The molecule has 3 rings (SSSR count). The van der Waals surface area contributed by atoms with Gasteiger partial charge in [-0.05, 0) is 60.7 Å². The van der Waals surface area contributed by atoms with Gasteiger partial charge in [0.05, 0.1) is 5.52 Å². The van der Waals surface area contributed by atoms with Crippen LogP contribution in [0.4, 0.5) is 0 Å². The summed E-state index contributed by atoms with van der Waals surface area (Å²) in [6.07, 6.45) is 5.36. The monoisotopic (exact) mass is 364 g/mol. The summed E-state index contributed by atoms with van der Waals surface area (Å²) in [6, 6.07) is 7.30. The van der Waals surface area contributed by atoms with Crippen LogP contribution < -0.4 is 0 Å². The average Bonchev–Trinajstić information content (AvgIpc) is 2.59. The van der Waals surface area contributed by atoms with Crippen LogP contribution in [-0.2, 0) is 0 Å². The Labute approximate surface area is 153 Å². The first-order valence-corrected chi connectivity index (χ1v) is 9.28. The zero-order valence-corrected chi connectivity index (χ0v) is 15.4. The van der Waals surface area contributed by atoms with E-state index in [9.17, 15) is 4.79 Å². The van der Waals surface area contributed by atoms with Gasteiger partial charge in [-0.25, -0.2) is 4.42 Å². The molecule has 2 heterocycles. The number of piperidine rings is 1. The molecule has 0 unspecified atom stereocenters. The molecule has 1 aliphatic rings. The van der Waals surface area contributed by atoms with Gasteiger partial charge < -0.3 is 0 Å². The predicted octanol–water partition coefficient (Wildman–Crippen LogP) is 5.35. The molecule has 1 aromatic heterocycles. The van der Waals surface area contributed by atoms with Gasteiger partial charge in [0, 0.05) is 41.7 Å². The van der Waals surface area contributed by atoms with Crippen LogP contribution in [0, 0.1) is 11.8 Å². The third-order valence-corrected chi connectivity index (χ3v) is 5.65. The number of carbonyl (C=O) groups is 1. The summed E-state index contributed by atoms with van der Waals surface area (Å²) >= 11 is 12.2. The average molecular weight is 365 g/mol. The number of pyridine rings is 1. The van der Waals surface area contributed by atoms with Crippen molar-refractivity contribution in [1.82, 2.24) is 9.40 Å². The number of aromatic nitrogens is 1. The van der Waals surface area contributed by atoms with Crippen LogP contribution in [0.25, 0.3) is 10.9 Å². The third kappa shape index (κ3) is 3.90. The second-order valence-electron chi connectivity index (χ2n) is 6.57. The molecule has 5 heteroatoms. The highest BCUT2D eigenvalue weighted by molar-refractivity contribution is 6.31. The number of hydrogen-bond donors (Lipinski definition) is 0. The topological polar surface area (TPSA) is 33.2 Å². The van der Waals surface area contributed by atoms with E-state index in [4.69, 9.17) is 23.4 Å². The normalized spacial score (nSPS) is 22.0. The van der Waals surface area contributed by atoms with E-state index >= 15 is 0 Å². The Morgan fingerprint density at radius 3 is 2.96 bits per heavy atom. The molecule has 0 amide bonds. The number of fused-ring (bicyclic) bond motifs is 1. The summed E-state index contributed by atoms with van der Waals surface area (Å²) in [5.74, 6) is 1.33. The van der Waals surface area contributed by atoms with E-state index in [-0.39, 0.29) is 5.78 Å². The first kappa shape index (κ1) is 17.7. The number of ketones is 1. The van der Waals surface area contributed by atoms with Crippen molar-refractivity contribution in [2.24, 2.45) is 11.8 Å². The van der Waals surface area contributed by atoms with E-state index in [1.165, 1.54) is 0 Å². The molecule has 1 aliphatic heterocycles. The largest absolute Gasteiger partial charge is 0.294 e. The Hall–Kier alpha value is -1.16. The molecule has 0 N–H and O–H groups in total. The van der Waals surface area contributed by atoms with Crippen molar-refractivity contribution in [3.05, 3.63) is 41.0 Å². The maximum atomic E-state index is 12.8. The summed E-state index contributed by atoms with van der Waals surface area (Å²) in [6.45, 7) is 4.03. The number of carbonyl (C=O) groups excluding carboxylic acids is 1. The van der Waals surface area contributed by atoms with Gasteiger partial charge in [0.1, 0.15) is 0 Å². The molecule has 0 saturated carbocycles. The summed E-state index contributed by atoms with van der Waals surface area (Å²) in [5, 5.41) is 1.47. The minimum Gasteiger partial charge on any atom is -0.294 e. The quantitative estimate of drug-likeness (QED) is 0.529. The highest BCUT2D eigenvalue weighted by atomic mass is 35.5. The van der Waals surface area contributed by atoms with Crippen molar-refractivity contribution >= 4 is 40.1 Å². The van der Waals surface area contributed by atoms with Crippen molar-refractivity contribution in [1.29, 1.82) is 0 Å². The fraction of sp³-hybridized carbons (Fsp3) is 0.474. The number of rotatable bonds is 5. The SMILES string of the molecule is CC[C@H]1CN(Cl)CC[C@H]1CCC(=O)c1ccnc2ccc(Cl)cc12. The van der Waals surface area contributed by atoms with Gasteiger partial charge in [0.25, 0.3) is 0 Å². The van der Waals surface area contributed by atoms with E-state index < -0.39 is 0 Å². The molecule has 128 valence electrons. The van der Waals surface area contributed by atoms with Crippen LogP contribution in [0.5, 0.6) is 0 Å². The maximum absolute atomic E-state index is 12.8. The van der Waals surface area contributed by atoms with Crippen LogP contribution in [0.2, 0.25) is 5.02 Å². The van der Waals surface area contributed by atoms with Crippen LogP contribution in [0.15, 0.2) is 30.5 Å². The highest BCUT2D eigenvalue weighted by Crippen LogP contribution is 2.31. The first-order valence-electron chi connectivity index (χ1n) is 8.56. The lowest BCUT2D eigenvalue weighted by Crippen LogP contribution is -2.35. The van der Waals surface area contributed by atoms with Crippen LogP contribution in [0.1, 0.15) is 43.0 Å². The number of halogens is 2. The van der Waals surface area contributed by atoms with Crippen molar-refractivity contribution in [3.63, 3.8) is 0 Å². The molecule has 3 nitrogen and oxygen atoms in total. The van der Waals surface area contributed by atoms with Gasteiger partial charge >= 0.3 is 0 Å². The number of hydrogen-bond acceptors (Lipinski definition) is 3. The van der Waals surface area contributed by atoms with Gasteiger partial charge in [0.2, 0.25) is 0 Å². The molecule has 2 aromatic rings. The molecule has 24 heavy (non-hydrogen) atoms. The second-order valence-corrected chi connectivity index (χ2v) is 7.48. The number of benzene rings is 1. The molecule has 1 aromatic carbocycles. The summed E-state index contributed by atoms with van der Waals surface area (Å²) in [5.41, 5.74) is 1.54. The molecule has 0 aliphatic carbocycles. The van der Waals surface area contributed by atoms with Crippen molar-refractivity contribution in [2.45, 2.75) is 32.6 Å². The lowest BCUT2D eigenvalue weighted by molar-refractivity contribution is 0.0954. The Morgan fingerprint density at radius 2 is 2.17 bits per heavy atom. The summed E-state index contributed by atoms with van der Waals surface area (Å²) in [4.78, 5) is 17.1. The highest BCUT2D eigenvalue weighted by Gasteiger charge is 2.27. The van der Waals surface area contributed by atoms with Crippen molar-refractivity contribution in [2.75, 3.05) is 13.1 Å².